The molecule has 1 aromatic rings. The van der Waals surface area contributed by atoms with Crippen molar-refractivity contribution in [1.82, 2.24) is 15.2 Å². The van der Waals surface area contributed by atoms with E-state index in [0.29, 0.717) is 6.04 Å². The smallest absolute Gasteiger partial charge is 0.0541 e. The Balaban J connectivity index is 1.76. The zero-order valence-corrected chi connectivity index (χ0v) is 10.2. The maximum absolute atomic E-state index is 4.32. The molecule has 1 aliphatic rings. The summed E-state index contributed by atoms with van der Waals surface area (Å²) in [6.45, 7) is 0.894. The van der Waals surface area contributed by atoms with Crippen molar-refractivity contribution < 1.29 is 0 Å². The fourth-order valence-corrected chi connectivity index (χ4v) is 2.36. The molecular weight excluding hydrogens is 198 g/mol. The number of nitrogens with one attached hydrogen (secondary N) is 1. The van der Waals surface area contributed by atoms with Gasteiger partial charge in [0.1, 0.15) is 0 Å². The Bertz CT molecular complexity index is 310. The molecule has 0 saturated heterocycles. The SMILES string of the molecule is CN(C)C1CCC(NCc2ccccn2)C1. The van der Waals surface area contributed by atoms with Crippen LogP contribution in [0.2, 0.25) is 0 Å². The lowest BCUT2D eigenvalue weighted by molar-refractivity contribution is 0.293. The molecule has 0 spiro atoms. The van der Waals surface area contributed by atoms with Crippen LogP contribution >= 0.6 is 0 Å². The molecule has 2 atom stereocenters. The van der Waals surface area contributed by atoms with Gasteiger partial charge in [0, 0.05) is 24.8 Å². The number of pyridine rings is 1. The second-order valence-electron chi connectivity index (χ2n) is 4.83. The first-order valence-electron chi connectivity index (χ1n) is 6.05. The van der Waals surface area contributed by atoms with Gasteiger partial charge in [-0.2, -0.15) is 0 Å². The molecule has 0 bridgehead atoms. The van der Waals surface area contributed by atoms with Crippen LogP contribution in [0.4, 0.5) is 0 Å². The molecule has 0 amide bonds. The molecule has 3 heteroatoms. The van der Waals surface area contributed by atoms with Gasteiger partial charge in [-0.3, -0.25) is 4.98 Å². The number of rotatable bonds is 4. The lowest BCUT2D eigenvalue weighted by Crippen LogP contribution is -2.30. The summed E-state index contributed by atoms with van der Waals surface area (Å²) in [6.07, 6.45) is 5.72. The first-order chi connectivity index (χ1) is 7.75. The summed E-state index contributed by atoms with van der Waals surface area (Å²) in [5.41, 5.74) is 1.14. The molecule has 0 aliphatic heterocycles. The molecule has 1 aromatic heterocycles. The highest BCUT2D eigenvalue weighted by atomic mass is 15.1. The summed E-state index contributed by atoms with van der Waals surface area (Å²) in [5.74, 6) is 0. The second kappa shape index (κ2) is 5.41. The molecule has 0 radical (unpaired) electrons. The Kier molecular flexibility index (Phi) is 3.91. The van der Waals surface area contributed by atoms with Crippen LogP contribution in [0.1, 0.15) is 25.0 Å². The van der Waals surface area contributed by atoms with E-state index in [4.69, 9.17) is 0 Å². The Morgan fingerprint density at radius 3 is 2.88 bits per heavy atom. The largest absolute Gasteiger partial charge is 0.308 e. The third-order valence-corrected chi connectivity index (χ3v) is 3.43. The van der Waals surface area contributed by atoms with Crippen LogP contribution in [0.25, 0.3) is 0 Å². The summed E-state index contributed by atoms with van der Waals surface area (Å²) in [4.78, 5) is 6.66. The van der Waals surface area contributed by atoms with E-state index in [2.05, 4.69) is 35.4 Å². The van der Waals surface area contributed by atoms with Crippen LogP contribution in [0.5, 0.6) is 0 Å². The second-order valence-corrected chi connectivity index (χ2v) is 4.83. The standard InChI is InChI=1S/C13H21N3/c1-16(2)13-7-6-11(9-13)15-10-12-5-3-4-8-14-12/h3-5,8,11,13,15H,6-7,9-10H2,1-2H3. The fraction of sp³-hybridized carbons (Fsp3) is 0.615. The summed E-state index contributed by atoms with van der Waals surface area (Å²) in [6, 6.07) is 7.49. The van der Waals surface area contributed by atoms with Crippen molar-refractivity contribution in [2.45, 2.75) is 37.9 Å². The van der Waals surface area contributed by atoms with E-state index in [0.717, 1.165) is 18.3 Å². The van der Waals surface area contributed by atoms with Crippen molar-refractivity contribution in [1.29, 1.82) is 0 Å². The van der Waals surface area contributed by atoms with Gasteiger partial charge in [-0.15, -0.1) is 0 Å². The average Bonchev–Trinajstić information content (AvgIpc) is 2.76. The molecule has 88 valence electrons. The molecule has 1 saturated carbocycles. The topological polar surface area (TPSA) is 28.2 Å². The third-order valence-electron chi connectivity index (χ3n) is 3.43. The quantitative estimate of drug-likeness (QED) is 0.834. The first kappa shape index (κ1) is 11.6. The van der Waals surface area contributed by atoms with E-state index >= 15 is 0 Å². The van der Waals surface area contributed by atoms with Gasteiger partial charge in [0.15, 0.2) is 0 Å². The van der Waals surface area contributed by atoms with E-state index in [1.807, 2.05) is 18.3 Å². The van der Waals surface area contributed by atoms with Crippen LogP contribution in [0.15, 0.2) is 24.4 Å². The number of hydrogen-bond donors (Lipinski definition) is 1. The maximum atomic E-state index is 4.32. The van der Waals surface area contributed by atoms with Gasteiger partial charge in [-0.25, -0.2) is 0 Å². The van der Waals surface area contributed by atoms with Crippen molar-refractivity contribution in [2.24, 2.45) is 0 Å². The molecule has 1 aliphatic carbocycles. The number of aromatic nitrogens is 1. The van der Waals surface area contributed by atoms with E-state index in [9.17, 15) is 0 Å². The number of hydrogen-bond acceptors (Lipinski definition) is 3. The average molecular weight is 219 g/mol. The zero-order valence-electron chi connectivity index (χ0n) is 10.2. The monoisotopic (exact) mass is 219 g/mol. The minimum absolute atomic E-state index is 0.661. The van der Waals surface area contributed by atoms with Gasteiger partial charge in [0.2, 0.25) is 0 Å². The van der Waals surface area contributed by atoms with Gasteiger partial charge < -0.3 is 10.2 Å². The highest BCUT2D eigenvalue weighted by molar-refractivity contribution is 5.03. The normalized spacial score (nSPS) is 25.2. The Labute approximate surface area is 97.9 Å². The fourth-order valence-electron chi connectivity index (χ4n) is 2.36. The summed E-state index contributed by atoms with van der Waals surface area (Å²) < 4.78 is 0. The van der Waals surface area contributed by atoms with Crippen LogP contribution in [-0.2, 0) is 6.54 Å². The minimum atomic E-state index is 0.661. The van der Waals surface area contributed by atoms with E-state index in [1.54, 1.807) is 0 Å². The minimum Gasteiger partial charge on any atom is -0.308 e. The van der Waals surface area contributed by atoms with Gasteiger partial charge in [-0.05, 0) is 45.5 Å². The lowest BCUT2D eigenvalue weighted by atomic mass is 10.2. The third kappa shape index (κ3) is 3.03. The number of nitrogens with zero attached hydrogens (tertiary/aromatic N) is 2. The van der Waals surface area contributed by atoms with Crippen molar-refractivity contribution in [3.63, 3.8) is 0 Å². The van der Waals surface area contributed by atoms with E-state index in [-0.39, 0.29) is 0 Å². The molecule has 2 unspecified atom stereocenters. The van der Waals surface area contributed by atoms with Gasteiger partial charge in [0.05, 0.1) is 5.69 Å². The Morgan fingerprint density at radius 2 is 2.25 bits per heavy atom. The van der Waals surface area contributed by atoms with Crippen molar-refractivity contribution in [3.05, 3.63) is 30.1 Å². The van der Waals surface area contributed by atoms with Crippen LogP contribution in [-0.4, -0.2) is 36.1 Å². The summed E-state index contributed by atoms with van der Waals surface area (Å²) >= 11 is 0. The molecule has 0 aromatic carbocycles. The van der Waals surface area contributed by atoms with Crippen LogP contribution in [0, 0.1) is 0 Å². The molecule has 16 heavy (non-hydrogen) atoms. The Morgan fingerprint density at radius 1 is 1.38 bits per heavy atom. The molecule has 3 nitrogen and oxygen atoms in total. The van der Waals surface area contributed by atoms with Crippen molar-refractivity contribution in [3.8, 4) is 0 Å². The Hall–Kier alpha value is -0.930. The molecule has 1 N–H and O–H groups in total. The van der Waals surface area contributed by atoms with Gasteiger partial charge >= 0.3 is 0 Å². The highest BCUT2D eigenvalue weighted by Crippen LogP contribution is 2.22. The highest BCUT2D eigenvalue weighted by Gasteiger charge is 2.25. The maximum Gasteiger partial charge on any atom is 0.0541 e. The molecule has 2 rings (SSSR count). The zero-order chi connectivity index (χ0) is 11.4. The van der Waals surface area contributed by atoms with Gasteiger partial charge in [0.25, 0.3) is 0 Å². The van der Waals surface area contributed by atoms with Crippen LogP contribution < -0.4 is 5.32 Å². The molecular formula is C13H21N3. The molecule has 1 fully saturated rings. The van der Waals surface area contributed by atoms with E-state index in [1.165, 1.54) is 19.3 Å². The summed E-state index contributed by atoms with van der Waals surface area (Å²) in [5, 5.41) is 3.59. The van der Waals surface area contributed by atoms with Crippen molar-refractivity contribution >= 4 is 0 Å². The van der Waals surface area contributed by atoms with Crippen molar-refractivity contribution in [2.75, 3.05) is 14.1 Å². The predicted molar refractivity (Wildman–Crippen MR) is 66.2 cm³/mol. The molecule has 1 heterocycles. The first-order valence-corrected chi connectivity index (χ1v) is 6.05. The van der Waals surface area contributed by atoms with Gasteiger partial charge in [-0.1, -0.05) is 6.07 Å². The predicted octanol–water partition coefficient (Wildman–Crippen LogP) is 1.65. The lowest BCUT2D eigenvalue weighted by Gasteiger charge is -2.19. The summed E-state index contributed by atoms with van der Waals surface area (Å²) in [7, 11) is 4.34. The van der Waals surface area contributed by atoms with Crippen LogP contribution in [0.3, 0.4) is 0 Å². The van der Waals surface area contributed by atoms with E-state index < -0.39 is 0 Å².